The van der Waals surface area contributed by atoms with Gasteiger partial charge in [0, 0.05) is 6.61 Å². The molecule has 2 aliphatic heterocycles. The highest BCUT2D eigenvalue weighted by atomic mass is 16.5. The fourth-order valence-corrected chi connectivity index (χ4v) is 4.17. The number of nitrogens with one attached hydrogen (secondary N) is 2. The summed E-state index contributed by atoms with van der Waals surface area (Å²) in [6, 6.07) is 0. The number of piperidine rings is 2. The largest absolute Gasteiger partial charge is 0.464 e. The second-order valence-electron chi connectivity index (χ2n) is 8.57. The number of hydrogen-bond donors (Lipinski definition) is 3. The Morgan fingerprint density at radius 3 is 2.42 bits per heavy atom. The Bertz CT molecular complexity index is 400. The molecular formula is C19H36N2O3. The van der Waals surface area contributed by atoms with E-state index >= 15 is 0 Å². The lowest BCUT2D eigenvalue weighted by Crippen LogP contribution is -2.64. The third-order valence-electron chi connectivity index (χ3n) is 5.96. The molecule has 2 saturated heterocycles. The smallest absolute Gasteiger partial charge is 0.326 e. The summed E-state index contributed by atoms with van der Waals surface area (Å²) in [6.45, 7) is 10.00. The van der Waals surface area contributed by atoms with E-state index < -0.39 is 5.54 Å². The van der Waals surface area contributed by atoms with Crippen molar-refractivity contribution in [3.05, 3.63) is 0 Å². The molecule has 140 valence electrons. The minimum Gasteiger partial charge on any atom is -0.464 e. The lowest BCUT2D eigenvalue weighted by molar-refractivity contribution is -0.160. The van der Waals surface area contributed by atoms with Crippen molar-refractivity contribution in [2.45, 2.75) is 64.8 Å². The van der Waals surface area contributed by atoms with Crippen LogP contribution in [-0.2, 0) is 9.53 Å². The third-order valence-corrected chi connectivity index (χ3v) is 5.96. The molecular weight excluding hydrogens is 304 g/mol. The van der Waals surface area contributed by atoms with E-state index in [1.807, 2.05) is 0 Å². The van der Waals surface area contributed by atoms with Crippen molar-refractivity contribution in [1.82, 2.24) is 10.6 Å². The molecule has 3 N–H and O–H groups in total. The van der Waals surface area contributed by atoms with E-state index in [9.17, 15) is 9.90 Å². The summed E-state index contributed by atoms with van der Waals surface area (Å²) in [7, 11) is 0. The van der Waals surface area contributed by atoms with E-state index in [1.54, 1.807) is 0 Å². The topological polar surface area (TPSA) is 70.6 Å². The number of esters is 1. The molecule has 2 aliphatic rings. The molecule has 2 unspecified atom stereocenters. The predicted octanol–water partition coefficient (Wildman–Crippen LogP) is 2.09. The first-order chi connectivity index (χ1) is 11.4. The lowest BCUT2D eigenvalue weighted by Gasteiger charge is -2.48. The molecule has 2 atom stereocenters. The summed E-state index contributed by atoms with van der Waals surface area (Å²) in [5.74, 6) is 0.949. The number of carbonyl (C=O) groups excluding carboxylic acids is 1. The van der Waals surface area contributed by atoms with E-state index in [2.05, 4.69) is 31.4 Å². The predicted molar refractivity (Wildman–Crippen MR) is 95.8 cm³/mol. The van der Waals surface area contributed by atoms with Crippen LogP contribution < -0.4 is 10.6 Å². The van der Waals surface area contributed by atoms with E-state index in [4.69, 9.17) is 4.74 Å². The second kappa shape index (κ2) is 8.63. The summed E-state index contributed by atoms with van der Waals surface area (Å²) < 4.78 is 5.76. The SMILES string of the molecule is CC(C)(C)C1(C(=O)OCCC2CCNCC2)CC(CCO)CCN1. The van der Waals surface area contributed by atoms with Gasteiger partial charge in [-0.3, -0.25) is 4.79 Å². The van der Waals surface area contributed by atoms with Crippen molar-refractivity contribution in [3.8, 4) is 0 Å². The van der Waals surface area contributed by atoms with Crippen LogP contribution in [0.4, 0.5) is 0 Å². The van der Waals surface area contributed by atoms with Crippen molar-refractivity contribution < 1.29 is 14.6 Å². The molecule has 5 nitrogen and oxygen atoms in total. The molecule has 0 aliphatic carbocycles. The monoisotopic (exact) mass is 340 g/mol. The molecule has 0 aromatic rings. The summed E-state index contributed by atoms with van der Waals surface area (Å²) >= 11 is 0. The average Bonchev–Trinajstić information content (AvgIpc) is 2.55. The van der Waals surface area contributed by atoms with E-state index in [1.165, 1.54) is 12.8 Å². The van der Waals surface area contributed by atoms with Crippen molar-refractivity contribution in [2.75, 3.05) is 32.8 Å². The molecule has 24 heavy (non-hydrogen) atoms. The van der Waals surface area contributed by atoms with Gasteiger partial charge in [0.2, 0.25) is 0 Å². The lowest BCUT2D eigenvalue weighted by atomic mass is 9.66. The summed E-state index contributed by atoms with van der Waals surface area (Å²) in [5, 5.41) is 16.1. The van der Waals surface area contributed by atoms with Gasteiger partial charge in [-0.2, -0.15) is 0 Å². The van der Waals surface area contributed by atoms with Crippen LogP contribution in [0.5, 0.6) is 0 Å². The molecule has 0 spiro atoms. The van der Waals surface area contributed by atoms with E-state index in [0.29, 0.717) is 18.4 Å². The zero-order valence-electron chi connectivity index (χ0n) is 15.7. The standard InChI is InChI=1S/C19H36N2O3/c1-18(2,3)19(14-16(7-12-22)6-11-21-19)17(23)24-13-8-15-4-9-20-10-5-15/h15-16,20-22H,4-14H2,1-3H3. The van der Waals surface area contributed by atoms with Gasteiger partial charge in [0.25, 0.3) is 0 Å². The van der Waals surface area contributed by atoms with E-state index in [0.717, 1.165) is 45.3 Å². The summed E-state index contributed by atoms with van der Waals surface area (Å²) in [4.78, 5) is 13.0. The van der Waals surface area contributed by atoms with Crippen LogP contribution in [0.2, 0.25) is 0 Å². The Morgan fingerprint density at radius 2 is 1.79 bits per heavy atom. The molecule has 0 saturated carbocycles. The molecule has 0 aromatic heterocycles. The van der Waals surface area contributed by atoms with Gasteiger partial charge in [-0.1, -0.05) is 20.8 Å². The maximum Gasteiger partial charge on any atom is 0.326 e. The Labute approximate surface area is 146 Å². The fraction of sp³-hybridized carbons (Fsp3) is 0.947. The number of ether oxygens (including phenoxy) is 1. The molecule has 2 heterocycles. The number of carbonyl (C=O) groups is 1. The van der Waals surface area contributed by atoms with Crippen LogP contribution in [0.3, 0.4) is 0 Å². The first-order valence-corrected chi connectivity index (χ1v) is 9.63. The molecule has 0 radical (unpaired) electrons. The molecule has 2 fully saturated rings. The van der Waals surface area contributed by atoms with Crippen LogP contribution in [0.1, 0.15) is 59.3 Å². The third kappa shape index (κ3) is 4.70. The highest BCUT2D eigenvalue weighted by molar-refractivity contribution is 5.82. The number of aliphatic hydroxyl groups excluding tert-OH is 1. The number of aliphatic hydroxyl groups is 1. The quantitative estimate of drug-likeness (QED) is 0.646. The van der Waals surface area contributed by atoms with Crippen LogP contribution in [0.25, 0.3) is 0 Å². The average molecular weight is 341 g/mol. The van der Waals surface area contributed by atoms with Gasteiger partial charge in [0.15, 0.2) is 0 Å². The van der Waals surface area contributed by atoms with Gasteiger partial charge >= 0.3 is 5.97 Å². The van der Waals surface area contributed by atoms with Crippen LogP contribution in [0.15, 0.2) is 0 Å². The van der Waals surface area contributed by atoms with Gasteiger partial charge in [-0.05, 0) is 75.4 Å². The highest BCUT2D eigenvalue weighted by Crippen LogP contribution is 2.40. The Hall–Kier alpha value is -0.650. The first-order valence-electron chi connectivity index (χ1n) is 9.63. The molecule has 2 rings (SSSR count). The van der Waals surface area contributed by atoms with Gasteiger partial charge in [0.05, 0.1) is 6.61 Å². The molecule has 5 heteroatoms. The molecule has 0 amide bonds. The Morgan fingerprint density at radius 1 is 1.12 bits per heavy atom. The maximum atomic E-state index is 13.0. The van der Waals surface area contributed by atoms with Gasteiger partial charge in [0.1, 0.15) is 5.54 Å². The van der Waals surface area contributed by atoms with Crippen molar-refractivity contribution in [1.29, 1.82) is 0 Å². The fourth-order valence-electron chi connectivity index (χ4n) is 4.17. The molecule has 0 bridgehead atoms. The number of rotatable bonds is 6. The van der Waals surface area contributed by atoms with E-state index in [-0.39, 0.29) is 18.0 Å². The summed E-state index contributed by atoms with van der Waals surface area (Å²) in [6.07, 6.45) is 5.86. The van der Waals surface area contributed by atoms with Gasteiger partial charge in [-0.15, -0.1) is 0 Å². The maximum absolute atomic E-state index is 13.0. The zero-order valence-corrected chi connectivity index (χ0v) is 15.7. The van der Waals surface area contributed by atoms with Gasteiger partial charge < -0.3 is 20.5 Å². The number of hydrogen-bond acceptors (Lipinski definition) is 5. The minimum absolute atomic E-state index is 0.105. The Kier molecular flexibility index (Phi) is 7.08. The molecule has 0 aromatic carbocycles. The summed E-state index contributed by atoms with van der Waals surface area (Å²) in [5.41, 5.74) is -0.855. The van der Waals surface area contributed by atoms with Crippen molar-refractivity contribution in [3.63, 3.8) is 0 Å². The first kappa shape index (κ1) is 19.7. The normalized spacial score (nSPS) is 29.4. The minimum atomic E-state index is -0.640. The van der Waals surface area contributed by atoms with Crippen molar-refractivity contribution in [2.24, 2.45) is 17.3 Å². The zero-order chi connectivity index (χ0) is 17.6. The van der Waals surface area contributed by atoms with Crippen molar-refractivity contribution >= 4 is 5.97 Å². The van der Waals surface area contributed by atoms with Crippen LogP contribution in [-0.4, -0.2) is 49.5 Å². The second-order valence-corrected chi connectivity index (χ2v) is 8.57. The highest BCUT2D eigenvalue weighted by Gasteiger charge is 2.52. The van der Waals surface area contributed by atoms with Gasteiger partial charge in [-0.25, -0.2) is 0 Å². The van der Waals surface area contributed by atoms with Crippen LogP contribution in [0, 0.1) is 17.3 Å². The Balaban J connectivity index is 1.95. The van der Waals surface area contributed by atoms with Crippen LogP contribution >= 0.6 is 0 Å².